The first-order valence-electron chi connectivity index (χ1n) is 40.9. The van der Waals surface area contributed by atoms with Crippen LogP contribution in [0.5, 0.6) is 0 Å². The van der Waals surface area contributed by atoms with Crippen LogP contribution in [0.1, 0.15) is 225 Å². The van der Waals surface area contributed by atoms with Crippen molar-refractivity contribution in [3.63, 3.8) is 0 Å². The first-order chi connectivity index (χ1) is 57.3. The molecule has 4 amide bonds. The second-order valence-electron chi connectivity index (χ2n) is 33.9. The molecule has 8 aromatic rings. The fourth-order valence-corrected chi connectivity index (χ4v) is 12.9. The maximum atomic E-state index is 12.0. The smallest absolute Gasteiger partial charge is 0.315 e. The van der Waals surface area contributed by atoms with Crippen molar-refractivity contribution in [3.8, 4) is 0 Å². The van der Waals surface area contributed by atoms with Crippen LogP contribution in [0.2, 0.25) is 0 Å². The lowest BCUT2D eigenvalue weighted by molar-refractivity contribution is -0.384. The van der Waals surface area contributed by atoms with Gasteiger partial charge in [0.15, 0.2) is 34.5 Å². The van der Waals surface area contributed by atoms with Gasteiger partial charge in [0.2, 0.25) is 0 Å². The highest BCUT2D eigenvalue weighted by molar-refractivity contribution is 8.00. The summed E-state index contributed by atoms with van der Waals surface area (Å²) >= 11 is 1.94. The van der Waals surface area contributed by atoms with Crippen LogP contribution in [-0.2, 0) is 28.7 Å². The summed E-state index contributed by atoms with van der Waals surface area (Å²) < 4.78 is 10.6. The third-order valence-corrected chi connectivity index (χ3v) is 20.3. The highest BCUT2D eigenvalue weighted by Gasteiger charge is 2.42. The molecule has 3 unspecified atom stereocenters. The van der Waals surface area contributed by atoms with Crippen LogP contribution >= 0.6 is 11.8 Å². The number of aryl methyl sites for hydroxylation is 3. The van der Waals surface area contributed by atoms with E-state index in [4.69, 9.17) is 9.47 Å². The molecule has 0 bridgehead atoms. The number of nitrogens with one attached hydrogen (secondary N) is 9. The average Bonchev–Trinajstić information content (AvgIpc) is 1.63. The van der Waals surface area contributed by atoms with Crippen LogP contribution in [0.4, 0.5) is 16.2 Å². The number of ketones is 7. The number of nitro groups is 1. The number of anilines is 1. The van der Waals surface area contributed by atoms with E-state index < -0.39 is 27.4 Å². The number of nitrogens with zero attached hydrogens (tertiary/aromatic N) is 7. The normalized spacial score (nSPS) is 14.2. The Morgan fingerprint density at radius 2 is 1.03 bits per heavy atom. The van der Waals surface area contributed by atoms with Crippen molar-refractivity contribution < 1.29 is 62.3 Å². The van der Waals surface area contributed by atoms with E-state index in [9.17, 15) is 67.6 Å². The van der Waals surface area contributed by atoms with Crippen LogP contribution < -0.4 is 48.4 Å². The number of aromatic amines is 4. The molecule has 33 heteroatoms. The average molecular weight is 1700 g/mol. The second-order valence-corrected chi connectivity index (χ2v) is 35.1. The van der Waals surface area contributed by atoms with Crippen molar-refractivity contribution in [2.45, 2.75) is 194 Å². The summed E-state index contributed by atoms with van der Waals surface area (Å²) in [5.41, 5.74) is 4.52. The molecule has 3 aliphatic rings. The van der Waals surface area contributed by atoms with Gasteiger partial charge in [0.1, 0.15) is 41.1 Å². The molecule has 4 aromatic heterocycles. The minimum atomic E-state index is -0.609. The van der Waals surface area contributed by atoms with E-state index in [1.807, 2.05) is 139 Å². The molecule has 2 saturated heterocycles. The molecule has 3 atom stereocenters. The molecule has 122 heavy (non-hydrogen) atoms. The number of para-hydroxylation sites is 4. The molecular formula is C89H122N16O16S. The molecule has 2 fully saturated rings. The van der Waals surface area contributed by atoms with Gasteiger partial charge < -0.3 is 46.0 Å². The number of amides is 4. The summed E-state index contributed by atoms with van der Waals surface area (Å²) in [6.45, 7) is 39.8. The summed E-state index contributed by atoms with van der Waals surface area (Å²) in [5, 5.41) is 40.3. The number of Topliss-reactive ketones (excluding diaryl/α,β-unsaturated/α-hetero) is 7. The Morgan fingerprint density at radius 1 is 0.541 bits per heavy atom. The molecule has 3 aliphatic heterocycles. The van der Waals surface area contributed by atoms with E-state index in [1.165, 1.54) is 6.07 Å². The van der Waals surface area contributed by atoms with Crippen LogP contribution in [0.3, 0.4) is 0 Å². The SMILES string of the molecule is CC(C)(C)C(=O)c1ccc2c(c1)=NCN=2.CC(C)(C)C(=O)c1nc2ccccc2[nH]c1=O.CC(C)C(=O)CCCCC1SCC2NC(=O)NC21.CC(C)C(=O)CCOCCNC(=O)c1nc2ccccc2[nH]c1=O.Cc1cc(C(=O)C(C)(C)C)n[nH]1.Cc1cc(C(=O)NCCOCCC(=O)C(C)C)n[nH]1.Cc1ccc(NCC(=O)C(C)C)c([N+](=O)[O-])c1. The summed E-state index contributed by atoms with van der Waals surface area (Å²) in [4.78, 5) is 172. The molecule has 9 N–H and O–H groups in total. The van der Waals surface area contributed by atoms with Crippen molar-refractivity contribution >= 4 is 104 Å². The van der Waals surface area contributed by atoms with Crippen molar-refractivity contribution in [3.05, 3.63) is 184 Å². The minimum Gasteiger partial charge on any atom is -0.379 e. The molecule has 11 rings (SSSR count). The molecule has 0 saturated carbocycles. The van der Waals surface area contributed by atoms with Gasteiger partial charge in [-0.15, -0.1) is 0 Å². The Bertz CT molecular complexity index is 5200. The Morgan fingerprint density at radius 3 is 1.54 bits per heavy atom. The number of rotatable bonds is 30. The number of ether oxygens (including phenoxy) is 2. The number of aromatic nitrogens is 8. The lowest BCUT2D eigenvalue weighted by Crippen LogP contribution is -2.36. The summed E-state index contributed by atoms with van der Waals surface area (Å²) in [6, 6.07) is 28.6. The Hall–Kier alpha value is -11.5. The van der Waals surface area contributed by atoms with Gasteiger partial charge in [0.25, 0.3) is 28.6 Å². The third kappa shape index (κ3) is 33.5. The number of H-pyrrole nitrogens is 4. The fraction of sp³-hybridized carbons (Fsp3) is 0.506. The van der Waals surface area contributed by atoms with Crippen molar-refractivity contribution in [2.24, 2.45) is 49.9 Å². The zero-order chi connectivity index (χ0) is 90.9. The van der Waals surface area contributed by atoms with Crippen molar-refractivity contribution in [2.75, 3.05) is 63.8 Å². The first-order valence-corrected chi connectivity index (χ1v) is 42.0. The first kappa shape index (κ1) is 101. The molecule has 32 nitrogen and oxygen atoms in total. The highest BCUT2D eigenvalue weighted by atomic mass is 32.2. The van der Waals surface area contributed by atoms with Crippen LogP contribution in [0, 0.1) is 70.8 Å². The van der Waals surface area contributed by atoms with Crippen molar-refractivity contribution in [1.82, 2.24) is 61.6 Å². The number of nitro benzene ring substituents is 1. The predicted molar refractivity (Wildman–Crippen MR) is 472 cm³/mol. The third-order valence-electron chi connectivity index (χ3n) is 18.8. The largest absolute Gasteiger partial charge is 0.379 e. The molecule has 4 aromatic carbocycles. The molecule has 7 heterocycles. The second kappa shape index (κ2) is 48.3. The number of carbonyl (C=O) groups is 10. The topological polar surface area (TPSA) is 466 Å². The van der Waals surface area contributed by atoms with Crippen LogP contribution in [0.15, 0.2) is 117 Å². The van der Waals surface area contributed by atoms with Gasteiger partial charge in [-0.2, -0.15) is 22.0 Å². The molecular weight excluding hydrogens is 1580 g/mol. The van der Waals surface area contributed by atoms with E-state index in [0.717, 1.165) is 58.2 Å². The standard InChI is InChI=1S/C17H21N3O4.C13H21N3O3.C13H22N2O2S.C13H14N2O2.C12H16N2O3.C12H14N2O.C9H14N2O/c1-11(2)14(21)7-9-24-10-8-18-16(22)15-17(23)20-13-6-4-3-5-12(13)19-15;1-9(2)12(17)4-6-19-7-5-14-13(18)11-8-10(3)15-16-11;1-8(2)10(16)5-3-4-6-11-12-9(7-18-11)14-13(17)15-12;1-13(2,3)11(16)10-12(17)15-9-7-5-4-6-8(9)14-10;1-8(2)12(15)7-13-10-5-4-9(3)6-11(10)14(16)17;1-12(2,3)11(15)8-4-5-9-10(6-8)14-7-13-9;1-6-5-7(11-10-6)8(12)9(2,3)4/h3-6,11H,7-10H2,1-2H3,(H,18,22)(H,20,23);8-9H,4-7H2,1-3H3,(H,14,18)(H,15,16);8-9,11-12H,3-7H2,1-2H3,(H2,14,15,17);4-7H,1-3H3,(H,15,17);4-6,8,13H,7H2,1-3H3;4-6H,7H2,1-3H3;5H,1-4H3,(H,10,11). The predicted octanol–water partition coefficient (Wildman–Crippen LogP) is 12.1. The number of hydrogen-bond acceptors (Lipinski definition) is 24. The van der Waals surface area contributed by atoms with Gasteiger partial charge in [-0.05, 0) is 99.8 Å². The highest BCUT2D eigenvalue weighted by Crippen LogP contribution is 2.34. The van der Waals surface area contributed by atoms with E-state index in [0.29, 0.717) is 115 Å². The lowest BCUT2D eigenvalue weighted by atomic mass is 9.86. The van der Waals surface area contributed by atoms with E-state index in [1.54, 1.807) is 102 Å². The summed E-state index contributed by atoms with van der Waals surface area (Å²) in [7, 11) is 0. The quantitative estimate of drug-likeness (QED) is 0.00664. The van der Waals surface area contributed by atoms with Crippen molar-refractivity contribution in [1.29, 1.82) is 0 Å². The fourth-order valence-electron chi connectivity index (χ4n) is 11.4. The number of benzene rings is 4. The van der Waals surface area contributed by atoms with E-state index in [2.05, 4.69) is 76.9 Å². The van der Waals surface area contributed by atoms with E-state index in [-0.39, 0.29) is 118 Å². The molecule has 0 aliphatic carbocycles. The zero-order valence-corrected chi connectivity index (χ0v) is 74.8. The van der Waals surface area contributed by atoms with Gasteiger partial charge in [-0.1, -0.05) is 154 Å². The van der Waals surface area contributed by atoms with Gasteiger partial charge >= 0.3 is 6.03 Å². The summed E-state index contributed by atoms with van der Waals surface area (Å²) in [5.74, 6) is 1.06. The van der Waals surface area contributed by atoms with Gasteiger partial charge in [0.05, 0.1) is 82.8 Å². The maximum Gasteiger partial charge on any atom is 0.315 e. The Balaban J connectivity index is 0.000000255. The number of hydrogen-bond donors (Lipinski definition) is 9. The van der Waals surface area contributed by atoms with Crippen LogP contribution in [0.25, 0.3) is 22.1 Å². The molecule has 0 radical (unpaired) electrons. The Kier molecular flexibility index (Phi) is 40.0. The van der Waals surface area contributed by atoms with E-state index >= 15 is 0 Å². The maximum absolute atomic E-state index is 12.0. The summed E-state index contributed by atoms with van der Waals surface area (Å²) in [6.07, 6.45) is 4.64. The minimum absolute atomic E-state index is 0.000920. The monoisotopic (exact) mass is 1700 g/mol. The number of fused-ring (bicyclic) bond motifs is 4. The Labute approximate surface area is 715 Å². The number of thioether (sulfide) groups is 1. The van der Waals surface area contributed by atoms with Gasteiger partial charge in [-0.25, -0.2) is 14.8 Å². The molecule has 0 spiro atoms. The van der Waals surface area contributed by atoms with Gasteiger partial charge in [-0.3, -0.25) is 83.0 Å². The number of carbonyl (C=O) groups excluding carboxylic acids is 10. The van der Waals surface area contributed by atoms with Gasteiger partial charge in [0, 0.05) is 106 Å². The lowest BCUT2D eigenvalue weighted by Gasteiger charge is -2.16. The molecule has 660 valence electrons. The number of unbranched alkanes of at least 4 members (excludes halogenated alkanes) is 1. The zero-order valence-electron chi connectivity index (χ0n) is 74.0. The van der Waals surface area contributed by atoms with Crippen LogP contribution in [-0.4, -0.2) is 179 Å². The number of urea groups is 1.